The summed E-state index contributed by atoms with van der Waals surface area (Å²) in [5.74, 6) is 0. The van der Waals surface area contributed by atoms with Gasteiger partial charge in [0.05, 0.1) is 16.8 Å². The Labute approximate surface area is 120 Å². The minimum Gasteiger partial charge on any atom is -0.380 e. The van der Waals surface area contributed by atoms with Crippen LogP contribution in [0.2, 0.25) is 5.02 Å². The summed E-state index contributed by atoms with van der Waals surface area (Å²) in [5, 5.41) is 4.47. The van der Waals surface area contributed by atoms with Crippen LogP contribution in [0.4, 0.5) is 5.69 Å². The van der Waals surface area contributed by atoms with Crippen LogP contribution in [-0.4, -0.2) is 18.8 Å². The highest BCUT2D eigenvalue weighted by Gasteiger charge is 2.58. The molecule has 2 atom stereocenters. The van der Waals surface area contributed by atoms with E-state index in [4.69, 9.17) is 16.3 Å². The molecule has 0 amide bonds. The van der Waals surface area contributed by atoms with Crippen LogP contribution in [0.15, 0.2) is 18.2 Å². The molecule has 3 rings (SSSR count). The maximum absolute atomic E-state index is 6.31. The molecular formula is C16H22ClNO. The predicted octanol–water partition coefficient (Wildman–Crippen LogP) is 4.41. The molecule has 2 aliphatic carbocycles. The zero-order chi connectivity index (χ0) is 13.5. The Kier molecular flexibility index (Phi) is 3.48. The zero-order valence-electron chi connectivity index (χ0n) is 11.7. The van der Waals surface area contributed by atoms with E-state index in [1.165, 1.54) is 24.8 Å². The van der Waals surface area contributed by atoms with Crippen molar-refractivity contribution in [1.82, 2.24) is 0 Å². The molecule has 0 radical (unpaired) electrons. The highest BCUT2D eigenvalue weighted by Crippen LogP contribution is 2.58. The lowest BCUT2D eigenvalue weighted by Crippen LogP contribution is -2.64. The van der Waals surface area contributed by atoms with E-state index in [-0.39, 0.29) is 0 Å². The van der Waals surface area contributed by atoms with Crippen molar-refractivity contribution in [3.05, 3.63) is 28.8 Å². The van der Waals surface area contributed by atoms with Crippen LogP contribution in [0.1, 0.15) is 38.2 Å². The molecule has 1 aromatic rings. The minimum atomic E-state index is 0.379. The summed E-state index contributed by atoms with van der Waals surface area (Å²) in [4.78, 5) is 0. The molecule has 0 saturated heterocycles. The highest BCUT2D eigenvalue weighted by molar-refractivity contribution is 6.33. The van der Waals surface area contributed by atoms with Crippen LogP contribution in [0, 0.1) is 12.3 Å². The van der Waals surface area contributed by atoms with Gasteiger partial charge in [-0.2, -0.15) is 0 Å². The Morgan fingerprint density at radius 3 is 2.79 bits per heavy atom. The number of hydrogen-bond acceptors (Lipinski definition) is 2. The molecular weight excluding hydrogens is 258 g/mol. The summed E-state index contributed by atoms with van der Waals surface area (Å²) < 4.78 is 5.88. The monoisotopic (exact) mass is 279 g/mol. The van der Waals surface area contributed by atoms with E-state index in [1.807, 2.05) is 6.07 Å². The molecule has 104 valence electrons. The van der Waals surface area contributed by atoms with Gasteiger partial charge >= 0.3 is 0 Å². The Balaban J connectivity index is 1.71. The number of halogens is 1. The Morgan fingerprint density at radius 1 is 1.42 bits per heavy atom. The average Bonchev–Trinajstić information content (AvgIpc) is 2.28. The van der Waals surface area contributed by atoms with Crippen molar-refractivity contribution in [3.63, 3.8) is 0 Å². The molecule has 1 aromatic carbocycles. The lowest BCUT2D eigenvalue weighted by Gasteiger charge is -2.61. The molecule has 3 heteroatoms. The summed E-state index contributed by atoms with van der Waals surface area (Å²) in [6, 6.07) is 6.76. The topological polar surface area (TPSA) is 21.3 Å². The minimum absolute atomic E-state index is 0.379. The number of nitrogens with one attached hydrogen (secondary N) is 1. The second-order valence-electron chi connectivity index (χ2n) is 5.95. The molecule has 0 bridgehead atoms. The fourth-order valence-electron chi connectivity index (χ4n) is 3.57. The second kappa shape index (κ2) is 4.99. The van der Waals surface area contributed by atoms with Crippen LogP contribution in [0.3, 0.4) is 0 Å². The first-order valence-corrected chi connectivity index (χ1v) is 7.68. The fourth-order valence-corrected chi connectivity index (χ4v) is 3.86. The standard InChI is InChI=1S/C16H22ClNO/c1-3-19-15-10-14(16(15)7-4-8-16)18-13-6-5-11(2)9-12(13)17/h5-6,9,14-15,18H,3-4,7-8,10H2,1-2H3. The van der Waals surface area contributed by atoms with Gasteiger partial charge in [0.1, 0.15) is 0 Å². The number of benzene rings is 1. The smallest absolute Gasteiger partial charge is 0.0670 e. The third-order valence-corrected chi connectivity index (χ3v) is 5.20. The summed E-state index contributed by atoms with van der Waals surface area (Å²) in [7, 11) is 0. The van der Waals surface area contributed by atoms with E-state index < -0.39 is 0 Å². The van der Waals surface area contributed by atoms with Gasteiger partial charge in [0.25, 0.3) is 0 Å². The van der Waals surface area contributed by atoms with Gasteiger partial charge in [-0.3, -0.25) is 0 Å². The highest BCUT2D eigenvalue weighted by atomic mass is 35.5. The van der Waals surface area contributed by atoms with Gasteiger partial charge in [-0.25, -0.2) is 0 Å². The number of aryl methyl sites for hydroxylation is 1. The van der Waals surface area contributed by atoms with Crippen molar-refractivity contribution in [2.24, 2.45) is 5.41 Å². The van der Waals surface area contributed by atoms with Crippen LogP contribution in [-0.2, 0) is 4.74 Å². The molecule has 19 heavy (non-hydrogen) atoms. The summed E-state index contributed by atoms with van der Waals surface area (Å²) >= 11 is 6.31. The molecule has 2 nitrogen and oxygen atoms in total. The molecule has 2 fully saturated rings. The van der Waals surface area contributed by atoms with Crippen molar-refractivity contribution in [3.8, 4) is 0 Å². The fraction of sp³-hybridized carbons (Fsp3) is 0.625. The first-order valence-electron chi connectivity index (χ1n) is 7.30. The van der Waals surface area contributed by atoms with Gasteiger partial charge in [-0.15, -0.1) is 0 Å². The van der Waals surface area contributed by atoms with Gasteiger partial charge in [-0.05, 0) is 50.8 Å². The number of ether oxygens (including phenoxy) is 1. The van der Waals surface area contributed by atoms with Crippen molar-refractivity contribution >= 4 is 17.3 Å². The molecule has 0 aromatic heterocycles. The van der Waals surface area contributed by atoms with Crippen molar-refractivity contribution in [2.45, 2.75) is 51.7 Å². The first-order chi connectivity index (χ1) is 9.15. The Bertz CT molecular complexity index is 470. The molecule has 2 saturated carbocycles. The molecule has 1 N–H and O–H groups in total. The molecule has 2 aliphatic rings. The molecule has 1 spiro atoms. The second-order valence-corrected chi connectivity index (χ2v) is 6.35. The maximum Gasteiger partial charge on any atom is 0.0670 e. The van der Waals surface area contributed by atoms with Crippen LogP contribution < -0.4 is 5.32 Å². The van der Waals surface area contributed by atoms with Gasteiger partial charge in [0, 0.05) is 18.1 Å². The SMILES string of the molecule is CCOC1CC(Nc2ccc(C)cc2Cl)C12CCC2. The van der Waals surface area contributed by atoms with Crippen LogP contribution >= 0.6 is 11.6 Å². The van der Waals surface area contributed by atoms with E-state index >= 15 is 0 Å². The summed E-state index contributed by atoms with van der Waals surface area (Å²) in [6.45, 7) is 4.98. The normalized spacial score (nSPS) is 27.7. The van der Waals surface area contributed by atoms with E-state index in [0.29, 0.717) is 17.6 Å². The number of anilines is 1. The largest absolute Gasteiger partial charge is 0.380 e. The third-order valence-electron chi connectivity index (χ3n) is 4.89. The first kappa shape index (κ1) is 13.3. The van der Waals surface area contributed by atoms with Crippen LogP contribution in [0.5, 0.6) is 0 Å². The summed E-state index contributed by atoms with van der Waals surface area (Å²) in [6.07, 6.45) is 5.48. The lowest BCUT2D eigenvalue weighted by molar-refractivity contribution is -0.157. The quantitative estimate of drug-likeness (QED) is 0.882. The van der Waals surface area contributed by atoms with E-state index in [9.17, 15) is 0 Å². The zero-order valence-corrected chi connectivity index (χ0v) is 12.5. The average molecular weight is 280 g/mol. The third kappa shape index (κ3) is 2.15. The van der Waals surface area contributed by atoms with Crippen molar-refractivity contribution in [1.29, 1.82) is 0 Å². The van der Waals surface area contributed by atoms with Crippen molar-refractivity contribution in [2.75, 3.05) is 11.9 Å². The summed E-state index contributed by atoms with van der Waals surface area (Å²) in [5.41, 5.74) is 2.65. The van der Waals surface area contributed by atoms with Gasteiger partial charge in [0.15, 0.2) is 0 Å². The van der Waals surface area contributed by atoms with Gasteiger partial charge < -0.3 is 10.1 Å². The lowest BCUT2D eigenvalue weighted by atomic mass is 9.51. The molecule has 0 heterocycles. The molecule has 0 aliphatic heterocycles. The predicted molar refractivity (Wildman–Crippen MR) is 79.9 cm³/mol. The van der Waals surface area contributed by atoms with E-state index in [1.54, 1.807) is 0 Å². The molecule has 2 unspecified atom stereocenters. The Morgan fingerprint density at radius 2 is 2.21 bits per heavy atom. The number of hydrogen-bond donors (Lipinski definition) is 1. The van der Waals surface area contributed by atoms with E-state index in [0.717, 1.165) is 23.7 Å². The van der Waals surface area contributed by atoms with E-state index in [2.05, 4.69) is 31.3 Å². The number of rotatable bonds is 4. The van der Waals surface area contributed by atoms with Crippen molar-refractivity contribution < 1.29 is 4.74 Å². The maximum atomic E-state index is 6.31. The van der Waals surface area contributed by atoms with Crippen LogP contribution in [0.25, 0.3) is 0 Å². The van der Waals surface area contributed by atoms with Gasteiger partial charge in [-0.1, -0.05) is 24.1 Å². The van der Waals surface area contributed by atoms with Gasteiger partial charge in [0.2, 0.25) is 0 Å². The Hall–Kier alpha value is -0.730.